The van der Waals surface area contributed by atoms with Gasteiger partial charge in [-0.05, 0) is 68.4 Å². The van der Waals surface area contributed by atoms with Gasteiger partial charge in [-0.3, -0.25) is 0 Å². The molecule has 0 spiro atoms. The van der Waals surface area contributed by atoms with Crippen LogP contribution in [0.15, 0.2) is 73.3 Å². The smallest absolute Gasteiger partial charge is 0.123 e. The summed E-state index contributed by atoms with van der Waals surface area (Å²) in [6, 6.07) is 17.1. The molecule has 0 saturated carbocycles. The molecule has 4 aromatic rings. The number of aliphatic hydroxyl groups is 1. The number of allylic oxidation sites excluding steroid dienone is 2. The number of aryl methyl sites for hydroxylation is 2. The number of likely N-dealkylation sites (N-methyl/N-ethyl adjacent to an activating group) is 1. The number of aromatic amines is 1. The molecule has 2 N–H and O–H groups in total. The number of halogens is 1. The number of hydrogen-bond acceptors (Lipinski definition) is 5. The molecule has 2 aromatic heterocycles. The van der Waals surface area contributed by atoms with Gasteiger partial charge in [0, 0.05) is 66.6 Å². The zero-order chi connectivity index (χ0) is 27.4. The van der Waals surface area contributed by atoms with Crippen LogP contribution in [0.4, 0.5) is 10.1 Å². The Bertz CT molecular complexity index is 1440. The second-order valence-electron chi connectivity index (χ2n) is 9.95. The maximum atomic E-state index is 13.7. The van der Waals surface area contributed by atoms with Crippen LogP contribution < -0.4 is 4.90 Å². The lowest BCUT2D eigenvalue weighted by atomic mass is 9.98. The molecule has 0 atom stereocenters. The van der Waals surface area contributed by atoms with Gasteiger partial charge in [-0.15, -0.1) is 0 Å². The fourth-order valence-electron chi connectivity index (χ4n) is 4.97. The summed E-state index contributed by atoms with van der Waals surface area (Å²) in [6.07, 6.45) is 4.21. The minimum atomic E-state index is -0.306. The van der Waals surface area contributed by atoms with Crippen LogP contribution in [0.1, 0.15) is 23.4 Å². The Morgan fingerprint density at radius 1 is 1.03 bits per heavy atom. The third kappa shape index (κ3) is 5.87. The molecule has 1 aliphatic heterocycles. The van der Waals surface area contributed by atoms with Crippen molar-refractivity contribution in [2.75, 3.05) is 44.7 Å². The third-order valence-corrected chi connectivity index (χ3v) is 7.18. The van der Waals surface area contributed by atoms with E-state index in [-0.39, 0.29) is 12.4 Å². The fraction of sp³-hybridized carbons (Fsp3) is 0.290. The van der Waals surface area contributed by atoms with Crippen LogP contribution in [0, 0.1) is 12.7 Å². The van der Waals surface area contributed by atoms with Crippen molar-refractivity contribution in [3.8, 4) is 22.5 Å². The molecule has 0 unspecified atom stereocenters. The van der Waals surface area contributed by atoms with Gasteiger partial charge in [0.05, 0.1) is 6.54 Å². The Morgan fingerprint density at radius 2 is 1.72 bits per heavy atom. The monoisotopic (exact) mass is 526 g/mol. The van der Waals surface area contributed by atoms with Gasteiger partial charge in [-0.2, -0.15) is 15.0 Å². The maximum Gasteiger partial charge on any atom is 0.123 e. The molecule has 8 heteroatoms. The van der Waals surface area contributed by atoms with E-state index >= 15 is 0 Å². The number of H-pyrrole nitrogens is 1. The van der Waals surface area contributed by atoms with Crippen LogP contribution in [-0.2, 0) is 6.54 Å². The summed E-state index contributed by atoms with van der Waals surface area (Å²) in [4.78, 5) is 9.93. The van der Waals surface area contributed by atoms with Gasteiger partial charge < -0.3 is 19.9 Å². The first-order chi connectivity index (χ1) is 19.0. The van der Waals surface area contributed by atoms with E-state index in [1.165, 1.54) is 17.8 Å². The molecule has 0 aliphatic carbocycles. The third-order valence-electron chi connectivity index (χ3n) is 7.18. The Hall–Kier alpha value is -4.01. The number of anilines is 1. The highest BCUT2D eigenvalue weighted by Crippen LogP contribution is 2.35. The Labute approximate surface area is 228 Å². The number of benzene rings is 2. The van der Waals surface area contributed by atoms with Gasteiger partial charge in [0.25, 0.3) is 0 Å². The Balaban J connectivity index is 1.49. The van der Waals surface area contributed by atoms with Crippen molar-refractivity contribution >= 4 is 11.3 Å². The highest BCUT2D eigenvalue weighted by molar-refractivity contribution is 5.88. The largest absolute Gasteiger partial charge is 0.396 e. The highest BCUT2D eigenvalue weighted by Gasteiger charge is 2.21. The molecule has 1 aliphatic rings. The first-order valence-electron chi connectivity index (χ1n) is 13.4. The molecule has 0 radical (unpaired) electrons. The van der Waals surface area contributed by atoms with Crippen LogP contribution in [0.5, 0.6) is 0 Å². The summed E-state index contributed by atoms with van der Waals surface area (Å²) < 4.78 is 13.7. The Kier molecular flexibility index (Phi) is 8.05. The van der Waals surface area contributed by atoms with E-state index < -0.39 is 0 Å². The zero-order valence-electron chi connectivity index (χ0n) is 22.6. The first kappa shape index (κ1) is 26.6. The van der Waals surface area contributed by atoms with Crippen molar-refractivity contribution in [2.24, 2.45) is 0 Å². The summed E-state index contributed by atoms with van der Waals surface area (Å²) in [5.74, 6) is -0.306. The molecule has 5 rings (SSSR count). The molecular weight excluding hydrogens is 491 g/mol. The minimum absolute atomic E-state index is 0.0476. The number of rotatable bonds is 9. The number of aromatic nitrogens is 4. The van der Waals surface area contributed by atoms with Crippen molar-refractivity contribution < 1.29 is 9.50 Å². The molecule has 0 bridgehead atoms. The van der Waals surface area contributed by atoms with E-state index in [0.29, 0.717) is 24.4 Å². The molecule has 1 fully saturated rings. The molecule has 2 aromatic carbocycles. The van der Waals surface area contributed by atoms with Gasteiger partial charge in [-0.1, -0.05) is 30.9 Å². The van der Waals surface area contributed by atoms with Crippen molar-refractivity contribution in [1.82, 2.24) is 24.9 Å². The molecule has 1 saturated heterocycles. The molecular formula is C31H35FN6O. The molecule has 39 heavy (non-hydrogen) atoms. The summed E-state index contributed by atoms with van der Waals surface area (Å²) in [5, 5.41) is 18.8. The van der Waals surface area contributed by atoms with Crippen LogP contribution in [0.25, 0.3) is 28.1 Å². The van der Waals surface area contributed by atoms with Gasteiger partial charge in [0.15, 0.2) is 0 Å². The van der Waals surface area contributed by atoms with Gasteiger partial charge in [-0.25, -0.2) is 4.39 Å². The van der Waals surface area contributed by atoms with E-state index in [9.17, 15) is 9.50 Å². The zero-order valence-corrected chi connectivity index (χ0v) is 22.6. The fourth-order valence-corrected chi connectivity index (χ4v) is 4.97. The second-order valence-corrected chi connectivity index (χ2v) is 9.95. The van der Waals surface area contributed by atoms with Crippen molar-refractivity contribution in [1.29, 1.82) is 0 Å². The summed E-state index contributed by atoms with van der Waals surface area (Å²) in [6.45, 7) is 10.7. The lowest BCUT2D eigenvalue weighted by Gasteiger charge is -2.34. The predicted molar refractivity (Wildman–Crippen MR) is 155 cm³/mol. The number of piperazine rings is 1. The normalized spacial score (nSPS) is 14.7. The summed E-state index contributed by atoms with van der Waals surface area (Å²) in [5.41, 5.74) is 8.31. The van der Waals surface area contributed by atoms with Gasteiger partial charge >= 0.3 is 0 Å². The van der Waals surface area contributed by atoms with Crippen molar-refractivity contribution in [2.45, 2.75) is 19.9 Å². The minimum Gasteiger partial charge on any atom is -0.396 e. The SMILES string of the molecule is C=C/C=C(\c1cc(-c2ccc(N3CCN(C)CC3)cc2)[nH]c1C)c1nn(CCCO)nc1-c1ccc(F)cc1. The maximum absolute atomic E-state index is 13.7. The van der Waals surface area contributed by atoms with Crippen LogP contribution in [-0.4, -0.2) is 69.8 Å². The summed E-state index contributed by atoms with van der Waals surface area (Å²) in [7, 11) is 2.17. The number of aliphatic hydroxyl groups excluding tert-OH is 1. The van der Waals surface area contributed by atoms with Crippen molar-refractivity contribution in [3.05, 3.63) is 96.1 Å². The van der Waals surface area contributed by atoms with E-state index in [1.807, 2.05) is 13.0 Å². The van der Waals surface area contributed by atoms with Crippen molar-refractivity contribution in [3.63, 3.8) is 0 Å². The lowest BCUT2D eigenvalue weighted by Crippen LogP contribution is -2.44. The molecule has 0 amide bonds. The van der Waals surface area contributed by atoms with E-state index in [4.69, 9.17) is 10.2 Å². The van der Waals surface area contributed by atoms with Crippen LogP contribution in [0.3, 0.4) is 0 Å². The number of nitrogens with one attached hydrogen (secondary N) is 1. The van der Waals surface area contributed by atoms with Crippen LogP contribution >= 0.6 is 0 Å². The van der Waals surface area contributed by atoms with Gasteiger partial charge in [0.2, 0.25) is 0 Å². The quantitative estimate of drug-likeness (QED) is 0.296. The Morgan fingerprint density at radius 3 is 2.38 bits per heavy atom. The average molecular weight is 527 g/mol. The summed E-state index contributed by atoms with van der Waals surface area (Å²) >= 11 is 0. The lowest BCUT2D eigenvalue weighted by molar-refractivity contribution is 0.273. The topological polar surface area (TPSA) is 73.2 Å². The van der Waals surface area contributed by atoms with E-state index in [1.54, 1.807) is 23.0 Å². The molecule has 3 heterocycles. The van der Waals surface area contributed by atoms with Gasteiger partial charge in [0.1, 0.15) is 17.2 Å². The standard InChI is InChI=1S/C31H35FN6O/c1-4-6-27(31-30(24-7-11-25(32)12-8-24)34-38(35-31)15-5-20-39)28-21-29(33-22(28)2)23-9-13-26(14-10-23)37-18-16-36(3)17-19-37/h4,6-14,21,33,39H,1,5,15-20H2,2-3H3/b27-6+. The molecule has 202 valence electrons. The first-order valence-corrected chi connectivity index (χ1v) is 13.4. The van der Waals surface area contributed by atoms with E-state index in [2.05, 4.69) is 58.7 Å². The second kappa shape index (κ2) is 11.8. The predicted octanol–water partition coefficient (Wildman–Crippen LogP) is 5.14. The van der Waals surface area contributed by atoms with E-state index in [0.717, 1.165) is 59.8 Å². The average Bonchev–Trinajstić information content (AvgIpc) is 3.55. The number of nitrogens with zero attached hydrogens (tertiary/aromatic N) is 5. The highest BCUT2D eigenvalue weighted by atomic mass is 19.1. The van der Waals surface area contributed by atoms with Crippen LogP contribution in [0.2, 0.25) is 0 Å². The molecule has 7 nitrogen and oxygen atoms in total. The number of hydrogen-bond donors (Lipinski definition) is 2.